The van der Waals surface area contributed by atoms with Crippen molar-refractivity contribution in [2.45, 2.75) is 18.7 Å². The van der Waals surface area contributed by atoms with Crippen LogP contribution in [-0.4, -0.2) is 37.0 Å². The van der Waals surface area contributed by atoms with E-state index in [2.05, 4.69) is 0 Å². The first-order chi connectivity index (χ1) is 15.2. The molecule has 156 valence electrons. The molecule has 0 saturated carbocycles. The second-order valence-corrected chi connectivity index (χ2v) is 7.48. The average molecular weight is 414 g/mol. The fourth-order valence-corrected chi connectivity index (χ4v) is 4.06. The molecule has 3 aromatic rings. The third-order valence-electron chi connectivity index (χ3n) is 5.72. The Balaban J connectivity index is 1.51. The van der Waals surface area contributed by atoms with Crippen LogP contribution in [0.1, 0.15) is 33.9 Å². The van der Waals surface area contributed by atoms with Crippen LogP contribution in [0, 0.1) is 0 Å². The predicted octanol–water partition coefficient (Wildman–Crippen LogP) is 4.46. The number of rotatable bonds is 5. The van der Waals surface area contributed by atoms with E-state index < -0.39 is 6.23 Å². The average Bonchev–Trinajstić information content (AvgIpc) is 3.29. The Morgan fingerprint density at radius 3 is 2.26 bits per heavy atom. The van der Waals surface area contributed by atoms with Gasteiger partial charge in [-0.2, -0.15) is 5.10 Å². The molecule has 2 aliphatic heterocycles. The minimum absolute atomic E-state index is 0.0609. The number of ketones is 1. The fourth-order valence-electron chi connectivity index (χ4n) is 4.06. The Morgan fingerprint density at radius 2 is 1.58 bits per heavy atom. The first-order valence-electron chi connectivity index (χ1n) is 10.1. The quantitative estimate of drug-likeness (QED) is 0.577. The van der Waals surface area contributed by atoms with Crippen molar-refractivity contribution in [3.63, 3.8) is 0 Å². The van der Waals surface area contributed by atoms with Gasteiger partial charge in [0.2, 0.25) is 5.78 Å². The zero-order valence-electron chi connectivity index (χ0n) is 17.3. The summed E-state index contributed by atoms with van der Waals surface area (Å²) in [6.45, 7) is 0. The molecule has 3 aromatic carbocycles. The maximum Gasteiger partial charge on any atom is 0.251 e. The molecule has 0 bridgehead atoms. The summed E-state index contributed by atoms with van der Waals surface area (Å²) in [6.07, 6.45) is -0.136. The van der Waals surface area contributed by atoms with Crippen LogP contribution >= 0.6 is 0 Å². The van der Waals surface area contributed by atoms with Crippen molar-refractivity contribution in [2.24, 2.45) is 5.10 Å². The third kappa shape index (κ3) is 3.40. The number of methoxy groups -OCH3 is 2. The number of hydrazone groups is 1. The molecule has 0 fully saturated rings. The lowest BCUT2D eigenvalue weighted by Gasteiger charge is -2.37. The van der Waals surface area contributed by atoms with Gasteiger partial charge >= 0.3 is 0 Å². The van der Waals surface area contributed by atoms with E-state index in [0.717, 1.165) is 28.3 Å². The lowest BCUT2D eigenvalue weighted by Crippen LogP contribution is -2.45. The second kappa shape index (κ2) is 7.80. The van der Waals surface area contributed by atoms with Crippen molar-refractivity contribution in [3.05, 3.63) is 89.5 Å². The van der Waals surface area contributed by atoms with E-state index in [1.165, 1.54) is 0 Å². The lowest BCUT2D eigenvalue weighted by atomic mass is 9.96. The monoisotopic (exact) mass is 414 g/mol. The number of carbonyl (C=O) groups is 1. The molecule has 0 aromatic heterocycles. The topological polar surface area (TPSA) is 60.4 Å². The van der Waals surface area contributed by atoms with Gasteiger partial charge in [-0.05, 0) is 60.2 Å². The number of benzene rings is 3. The molecule has 2 aliphatic rings. The number of hydrogen-bond donors (Lipinski definition) is 0. The van der Waals surface area contributed by atoms with Gasteiger partial charge < -0.3 is 14.2 Å². The van der Waals surface area contributed by atoms with E-state index in [-0.39, 0.29) is 11.8 Å². The standard InChI is InChI=1S/C25H22N2O4/c1-29-18-11-7-16(8-12-18)21-15-22-20-5-3-4-6-23(20)31-25(27(22)26-21)24(28)17-9-13-19(30-2)14-10-17/h3-14,22,25H,15H2,1-2H3/t22-,25-/m0/s1. The molecule has 2 heterocycles. The Bertz CT molecular complexity index is 1140. The van der Waals surface area contributed by atoms with Gasteiger partial charge in [-0.15, -0.1) is 0 Å². The third-order valence-corrected chi connectivity index (χ3v) is 5.72. The van der Waals surface area contributed by atoms with E-state index >= 15 is 0 Å². The number of carbonyl (C=O) groups excluding carboxylic acids is 1. The molecular formula is C25H22N2O4. The molecule has 6 heteroatoms. The van der Waals surface area contributed by atoms with Gasteiger partial charge in [0.1, 0.15) is 17.2 Å². The number of ether oxygens (including phenoxy) is 3. The van der Waals surface area contributed by atoms with Gasteiger partial charge in [0.05, 0.1) is 26.0 Å². The summed E-state index contributed by atoms with van der Waals surface area (Å²) in [7, 11) is 3.24. The Hall–Kier alpha value is -3.80. The maximum absolute atomic E-state index is 13.4. The molecule has 6 nitrogen and oxygen atoms in total. The second-order valence-electron chi connectivity index (χ2n) is 7.48. The van der Waals surface area contributed by atoms with Gasteiger partial charge in [0.25, 0.3) is 6.23 Å². The Morgan fingerprint density at radius 1 is 0.935 bits per heavy atom. The minimum atomic E-state index is -0.830. The van der Waals surface area contributed by atoms with Crippen molar-refractivity contribution in [1.29, 1.82) is 0 Å². The van der Waals surface area contributed by atoms with Gasteiger partial charge in [0.15, 0.2) is 0 Å². The Labute approximate surface area is 180 Å². The zero-order valence-corrected chi connectivity index (χ0v) is 17.3. The summed E-state index contributed by atoms with van der Waals surface area (Å²) < 4.78 is 16.6. The molecule has 0 unspecified atom stereocenters. The first-order valence-corrected chi connectivity index (χ1v) is 10.1. The number of para-hydroxylation sites is 1. The van der Waals surface area contributed by atoms with Crippen LogP contribution in [0.5, 0.6) is 17.2 Å². The zero-order chi connectivity index (χ0) is 21.4. The van der Waals surface area contributed by atoms with E-state index in [4.69, 9.17) is 19.3 Å². The van der Waals surface area contributed by atoms with Crippen LogP contribution in [0.15, 0.2) is 77.9 Å². The molecule has 0 saturated heterocycles. The number of nitrogens with zero attached hydrogens (tertiary/aromatic N) is 2. The van der Waals surface area contributed by atoms with Crippen LogP contribution in [0.25, 0.3) is 0 Å². The summed E-state index contributed by atoms with van der Waals surface area (Å²) in [6, 6.07) is 22.7. The number of hydrogen-bond acceptors (Lipinski definition) is 6. The highest BCUT2D eigenvalue weighted by Gasteiger charge is 2.43. The number of fused-ring (bicyclic) bond motifs is 3. The highest BCUT2D eigenvalue weighted by atomic mass is 16.5. The SMILES string of the molecule is COc1ccc(C(=O)[C@@H]2Oc3ccccc3[C@@H]3CC(c4ccc(OC)cc4)=NN23)cc1. The van der Waals surface area contributed by atoms with Crippen molar-refractivity contribution >= 4 is 11.5 Å². The summed E-state index contributed by atoms with van der Waals surface area (Å²) in [4.78, 5) is 13.4. The van der Waals surface area contributed by atoms with Gasteiger partial charge in [-0.3, -0.25) is 4.79 Å². The fraction of sp³-hybridized carbons (Fsp3) is 0.200. The lowest BCUT2D eigenvalue weighted by molar-refractivity contribution is -0.00455. The largest absolute Gasteiger partial charge is 0.497 e. The molecule has 0 amide bonds. The highest BCUT2D eigenvalue weighted by molar-refractivity contribution is 6.03. The van der Waals surface area contributed by atoms with Crippen molar-refractivity contribution < 1.29 is 19.0 Å². The van der Waals surface area contributed by atoms with Crippen LogP contribution in [0.3, 0.4) is 0 Å². The van der Waals surface area contributed by atoms with Gasteiger partial charge in [-0.25, -0.2) is 5.01 Å². The van der Waals surface area contributed by atoms with Crippen molar-refractivity contribution in [2.75, 3.05) is 14.2 Å². The van der Waals surface area contributed by atoms with Crippen molar-refractivity contribution in [1.82, 2.24) is 5.01 Å². The molecule has 0 N–H and O–H groups in total. The first kappa shape index (κ1) is 19.2. The molecule has 31 heavy (non-hydrogen) atoms. The van der Waals surface area contributed by atoms with Crippen LogP contribution < -0.4 is 14.2 Å². The van der Waals surface area contributed by atoms with Crippen LogP contribution in [-0.2, 0) is 0 Å². The molecule has 2 atom stereocenters. The number of Topliss-reactive ketones (excluding diaryl/α,β-unsaturated/α-hetero) is 1. The smallest absolute Gasteiger partial charge is 0.251 e. The molecule has 5 rings (SSSR count). The van der Waals surface area contributed by atoms with E-state index in [1.54, 1.807) is 43.5 Å². The van der Waals surface area contributed by atoms with E-state index in [9.17, 15) is 4.79 Å². The molecular weight excluding hydrogens is 392 g/mol. The minimum Gasteiger partial charge on any atom is -0.497 e. The van der Waals surface area contributed by atoms with Gasteiger partial charge in [0, 0.05) is 17.5 Å². The summed E-state index contributed by atoms with van der Waals surface area (Å²) in [5.74, 6) is 2.08. The van der Waals surface area contributed by atoms with Crippen molar-refractivity contribution in [3.8, 4) is 17.2 Å². The normalized spacial score (nSPS) is 19.0. The summed E-state index contributed by atoms with van der Waals surface area (Å²) >= 11 is 0. The predicted molar refractivity (Wildman–Crippen MR) is 117 cm³/mol. The van der Waals surface area contributed by atoms with E-state index in [0.29, 0.717) is 17.7 Å². The summed E-state index contributed by atoms with van der Waals surface area (Å²) in [5.41, 5.74) is 3.51. The van der Waals surface area contributed by atoms with Gasteiger partial charge in [-0.1, -0.05) is 18.2 Å². The van der Waals surface area contributed by atoms with Crippen LogP contribution in [0.4, 0.5) is 0 Å². The summed E-state index contributed by atoms with van der Waals surface area (Å²) in [5, 5.41) is 6.64. The Kier molecular flexibility index (Phi) is 4.82. The molecule has 0 radical (unpaired) electrons. The molecule has 0 spiro atoms. The maximum atomic E-state index is 13.4. The highest BCUT2D eigenvalue weighted by Crippen LogP contribution is 2.43. The van der Waals surface area contributed by atoms with E-state index in [1.807, 2.05) is 48.5 Å². The van der Waals surface area contributed by atoms with Crippen LogP contribution in [0.2, 0.25) is 0 Å². The molecule has 0 aliphatic carbocycles.